The summed E-state index contributed by atoms with van der Waals surface area (Å²) in [7, 11) is 0. The molecule has 2 aliphatic heterocycles. The molecule has 0 fully saturated rings. The number of hydrogen-bond donors (Lipinski definition) is 1. The van der Waals surface area contributed by atoms with Crippen molar-refractivity contribution in [2.24, 2.45) is 11.1 Å². The number of benzene rings is 2. The van der Waals surface area contributed by atoms with Crippen molar-refractivity contribution in [2.75, 3.05) is 11.7 Å². The number of fused-ring (bicyclic) bond motifs is 1. The maximum absolute atomic E-state index is 13.5. The number of nitriles is 1. The van der Waals surface area contributed by atoms with Crippen LogP contribution in [0.2, 0.25) is 0 Å². The zero-order valence-corrected chi connectivity index (χ0v) is 19.4. The molecule has 2 N–H and O–H groups in total. The third kappa shape index (κ3) is 3.26. The van der Waals surface area contributed by atoms with Crippen LogP contribution in [-0.2, 0) is 4.79 Å². The molecule has 162 valence electrons. The lowest BCUT2D eigenvalue weighted by molar-refractivity contribution is -0.118. The van der Waals surface area contributed by atoms with E-state index in [4.69, 9.17) is 15.2 Å². The first-order valence-corrected chi connectivity index (χ1v) is 11.2. The number of ketones is 1. The van der Waals surface area contributed by atoms with E-state index in [0.717, 1.165) is 21.4 Å². The highest BCUT2D eigenvalue weighted by molar-refractivity contribution is 9.10. The lowest BCUT2D eigenvalue weighted by atomic mass is 9.68. The maximum Gasteiger partial charge on any atom is 0.231 e. The van der Waals surface area contributed by atoms with Crippen molar-refractivity contribution >= 4 is 27.4 Å². The van der Waals surface area contributed by atoms with E-state index >= 15 is 0 Å². The van der Waals surface area contributed by atoms with E-state index in [0.29, 0.717) is 41.3 Å². The summed E-state index contributed by atoms with van der Waals surface area (Å²) in [5, 5.41) is 10.2. The molecule has 0 amide bonds. The first-order valence-electron chi connectivity index (χ1n) is 10.4. The summed E-state index contributed by atoms with van der Waals surface area (Å²) in [6.45, 7) is 4.33. The highest BCUT2D eigenvalue weighted by atomic mass is 79.9. The molecule has 2 aromatic rings. The fourth-order valence-electron chi connectivity index (χ4n) is 4.82. The second-order valence-electron chi connectivity index (χ2n) is 9.07. The lowest BCUT2D eigenvalue weighted by Gasteiger charge is -2.43. The van der Waals surface area contributed by atoms with Crippen molar-refractivity contribution in [3.8, 4) is 17.6 Å². The van der Waals surface area contributed by atoms with Gasteiger partial charge in [-0.1, -0.05) is 35.8 Å². The van der Waals surface area contributed by atoms with E-state index in [2.05, 4.69) is 35.8 Å². The molecule has 1 aliphatic carbocycles. The van der Waals surface area contributed by atoms with Gasteiger partial charge in [-0.25, -0.2) is 0 Å². The minimum absolute atomic E-state index is 0.0429. The number of Topliss-reactive ketones (excluding diaryl/α,β-unsaturated/α-hetero) is 1. The summed E-state index contributed by atoms with van der Waals surface area (Å²) < 4.78 is 11.9. The number of hydrogen-bond acceptors (Lipinski definition) is 6. The Morgan fingerprint density at radius 2 is 1.84 bits per heavy atom. The first-order chi connectivity index (χ1) is 15.3. The van der Waals surface area contributed by atoms with Gasteiger partial charge in [0.25, 0.3) is 0 Å². The minimum atomic E-state index is -0.542. The normalized spacial score (nSPS) is 21.5. The molecule has 1 atom stereocenters. The summed E-state index contributed by atoms with van der Waals surface area (Å²) in [6, 6.07) is 15.6. The van der Waals surface area contributed by atoms with Gasteiger partial charge in [0.15, 0.2) is 17.3 Å². The molecule has 2 heterocycles. The molecule has 3 aliphatic rings. The molecule has 2 aromatic carbocycles. The molecule has 7 heteroatoms. The Kier molecular flexibility index (Phi) is 4.79. The molecule has 0 radical (unpaired) electrons. The van der Waals surface area contributed by atoms with Gasteiger partial charge in [-0.3, -0.25) is 9.69 Å². The topological polar surface area (TPSA) is 88.6 Å². The Morgan fingerprint density at radius 3 is 2.56 bits per heavy atom. The number of halogens is 1. The van der Waals surface area contributed by atoms with Crippen LogP contribution in [0.1, 0.15) is 38.2 Å². The smallest absolute Gasteiger partial charge is 0.231 e. The van der Waals surface area contributed by atoms with E-state index in [1.807, 2.05) is 47.4 Å². The molecule has 6 nitrogen and oxygen atoms in total. The van der Waals surface area contributed by atoms with Gasteiger partial charge in [0.2, 0.25) is 6.79 Å². The van der Waals surface area contributed by atoms with Gasteiger partial charge in [0.05, 0.1) is 17.6 Å². The largest absolute Gasteiger partial charge is 0.454 e. The molecule has 32 heavy (non-hydrogen) atoms. The lowest BCUT2D eigenvalue weighted by Crippen LogP contribution is -2.42. The number of nitrogens with two attached hydrogens (primary N) is 1. The van der Waals surface area contributed by atoms with E-state index in [-0.39, 0.29) is 18.0 Å². The number of carbonyl (C=O) groups excluding carboxylic acids is 1. The van der Waals surface area contributed by atoms with Crippen LogP contribution >= 0.6 is 15.9 Å². The van der Waals surface area contributed by atoms with E-state index in [1.54, 1.807) is 0 Å². The summed E-state index contributed by atoms with van der Waals surface area (Å²) in [4.78, 5) is 15.4. The average Bonchev–Trinajstić information content (AvgIpc) is 3.21. The predicted octanol–water partition coefficient (Wildman–Crippen LogP) is 5.12. The van der Waals surface area contributed by atoms with E-state index in [9.17, 15) is 10.1 Å². The van der Waals surface area contributed by atoms with Gasteiger partial charge in [-0.05, 0) is 53.8 Å². The van der Waals surface area contributed by atoms with Crippen LogP contribution in [0.5, 0.6) is 11.5 Å². The molecule has 5 rings (SSSR count). The Morgan fingerprint density at radius 1 is 1.12 bits per heavy atom. The zero-order chi connectivity index (χ0) is 22.6. The number of rotatable bonds is 2. The molecule has 0 saturated carbocycles. The van der Waals surface area contributed by atoms with Gasteiger partial charge in [0, 0.05) is 27.9 Å². The van der Waals surface area contributed by atoms with Crippen molar-refractivity contribution < 1.29 is 14.3 Å². The monoisotopic (exact) mass is 491 g/mol. The molecule has 0 saturated heterocycles. The summed E-state index contributed by atoms with van der Waals surface area (Å²) >= 11 is 3.47. The predicted molar refractivity (Wildman–Crippen MR) is 124 cm³/mol. The Balaban J connectivity index is 1.74. The SMILES string of the molecule is CC1(C)CC(=O)C2=C(C1)N(c1ccc(Br)cc1)C(N)=C(C#N)C2c1ccc2c(c1)OCO2. The first kappa shape index (κ1) is 20.7. The Labute approximate surface area is 195 Å². The minimum Gasteiger partial charge on any atom is -0.454 e. The number of anilines is 1. The van der Waals surface area contributed by atoms with E-state index in [1.165, 1.54) is 0 Å². The fraction of sp³-hybridized carbons (Fsp3) is 0.280. The fourth-order valence-corrected chi connectivity index (χ4v) is 5.08. The quantitative estimate of drug-likeness (QED) is 0.626. The maximum atomic E-state index is 13.5. The van der Waals surface area contributed by atoms with E-state index < -0.39 is 5.92 Å². The molecule has 0 aromatic heterocycles. The van der Waals surface area contributed by atoms with Crippen molar-refractivity contribution in [2.45, 2.75) is 32.6 Å². The second kappa shape index (κ2) is 7.42. The van der Waals surface area contributed by atoms with Crippen LogP contribution in [0.15, 0.2) is 69.6 Å². The molecule has 0 spiro atoms. The standard InChI is InChI=1S/C25H22BrN3O3/c1-25(2)10-18-23(19(30)11-25)22(14-3-8-20-21(9-14)32-13-31-20)17(12-27)24(28)29(18)16-6-4-15(26)5-7-16/h3-9,22H,10-11,13,28H2,1-2H3. The Bertz CT molecular complexity index is 1240. The third-order valence-electron chi connectivity index (χ3n) is 6.20. The summed E-state index contributed by atoms with van der Waals surface area (Å²) in [6.07, 6.45) is 1.09. The van der Waals surface area contributed by atoms with Crippen LogP contribution < -0.4 is 20.1 Å². The van der Waals surface area contributed by atoms with Crippen molar-refractivity contribution in [1.82, 2.24) is 0 Å². The van der Waals surface area contributed by atoms with Crippen LogP contribution in [0.25, 0.3) is 0 Å². The second-order valence-corrected chi connectivity index (χ2v) is 9.99. The van der Waals surface area contributed by atoms with Gasteiger partial charge in [-0.15, -0.1) is 0 Å². The van der Waals surface area contributed by atoms with Crippen LogP contribution in [0.3, 0.4) is 0 Å². The molecule has 0 bridgehead atoms. The van der Waals surface area contributed by atoms with Gasteiger partial charge >= 0.3 is 0 Å². The van der Waals surface area contributed by atoms with Crippen LogP contribution in [-0.4, -0.2) is 12.6 Å². The highest BCUT2D eigenvalue weighted by Gasteiger charge is 2.44. The number of nitrogens with zero attached hydrogens (tertiary/aromatic N) is 2. The van der Waals surface area contributed by atoms with Crippen LogP contribution in [0.4, 0.5) is 5.69 Å². The number of allylic oxidation sites excluding steroid dienone is 3. The molecular formula is C25H22BrN3O3. The number of carbonyl (C=O) groups is 1. The zero-order valence-electron chi connectivity index (χ0n) is 17.8. The van der Waals surface area contributed by atoms with Gasteiger partial charge in [-0.2, -0.15) is 5.26 Å². The highest BCUT2D eigenvalue weighted by Crippen LogP contribution is 2.51. The Hall–Kier alpha value is -3.24. The van der Waals surface area contributed by atoms with Crippen molar-refractivity contribution in [1.29, 1.82) is 5.26 Å². The third-order valence-corrected chi connectivity index (χ3v) is 6.72. The van der Waals surface area contributed by atoms with Crippen LogP contribution in [0, 0.1) is 16.7 Å². The number of ether oxygens (including phenoxy) is 2. The molecule has 1 unspecified atom stereocenters. The summed E-state index contributed by atoms with van der Waals surface area (Å²) in [5.41, 5.74) is 9.91. The van der Waals surface area contributed by atoms with Gasteiger partial charge in [0.1, 0.15) is 5.82 Å². The van der Waals surface area contributed by atoms with Gasteiger partial charge < -0.3 is 15.2 Å². The van der Waals surface area contributed by atoms with Crippen molar-refractivity contribution in [3.05, 3.63) is 75.2 Å². The summed E-state index contributed by atoms with van der Waals surface area (Å²) in [5.74, 6) is 1.11. The average molecular weight is 492 g/mol. The molecular weight excluding hydrogens is 470 g/mol. The van der Waals surface area contributed by atoms with Crippen molar-refractivity contribution in [3.63, 3.8) is 0 Å².